The summed E-state index contributed by atoms with van der Waals surface area (Å²) >= 11 is 0. The molecule has 1 atom stereocenters. The Hall–Kier alpha value is -0.0231. The van der Waals surface area contributed by atoms with Gasteiger partial charge in [0, 0.05) is 0 Å². The molecule has 0 saturated heterocycles. The Kier molecular flexibility index (Phi) is 5.58. The highest BCUT2D eigenvalue weighted by atomic mass is 31.1. The average molecular weight is 206 g/mol. The third kappa shape index (κ3) is 8.08. The van der Waals surface area contributed by atoms with Crippen LogP contribution in [0.25, 0.3) is 0 Å². The molecule has 0 saturated carbocycles. The number of aldehydes is 1. The van der Waals surface area contributed by atoms with Gasteiger partial charge in [-0.05, 0) is 19.6 Å². The number of hydrogen-bond donors (Lipinski definition) is 0. The maximum atomic E-state index is 11.1. The lowest BCUT2D eigenvalue weighted by atomic mass is 10.6. The first-order chi connectivity index (χ1) is 5.45. The Morgan fingerprint density at radius 3 is 2.50 bits per heavy atom. The van der Waals surface area contributed by atoms with Gasteiger partial charge in [0.25, 0.3) is 0 Å². The van der Waals surface area contributed by atoms with Gasteiger partial charge in [0.05, 0.1) is 20.0 Å². The molecule has 0 aliphatic rings. The summed E-state index contributed by atoms with van der Waals surface area (Å²) in [5.41, 5.74) is 0. The van der Waals surface area contributed by atoms with E-state index in [2.05, 4.69) is 0 Å². The summed E-state index contributed by atoms with van der Waals surface area (Å²) in [7, 11) is -3.00. The van der Waals surface area contributed by atoms with Crippen molar-refractivity contribution < 1.29 is 14.1 Å². The summed E-state index contributed by atoms with van der Waals surface area (Å²) in [5, 5.41) is 0. The fourth-order valence-corrected chi connectivity index (χ4v) is 2.96. The van der Waals surface area contributed by atoms with Gasteiger partial charge in [-0.25, -0.2) is 0 Å². The lowest BCUT2D eigenvalue weighted by Crippen LogP contribution is -2.25. The summed E-state index contributed by atoms with van der Waals surface area (Å²) in [6, 6.07) is 0. The van der Waals surface area contributed by atoms with Crippen molar-refractivity contribution in [2.24, 2.45) is 0 Å². The summed E-state index contributed by atoms with van der Waals surface area (Å²) in [6.45, 7) is 6.11. The first-order valence-corrected chi connectivity index (χ1v) is 8.72. The lowest BCUT2D eigenvalue weighted by Gasteiger charge is -2.14. The smallest absolute Gasteiger partial charge is 0.191 e. The monoisotopic (exact) mass is 206 g/mol. The van der Waals surface area contributed by atoms with Gasteiger partial charge in [-0.1, -0.05) is 0 Å². The van der Waals surface area contributed by atoms with Crippen molar-refractivity contribution in [2.45, 2.75) is 26.1 Å². The van der Waals surface area contributed by atoms with Gasteiger partial charge in [-0.2, -0.15) is 0 Å². The topological polar surface area (TPSA) is 49.4 Å². The Morgan fingerprint density at radius 1 is 1.50 bits per heavy atom. The zero-order valence-corrected chi connectivity index (χ0v) is 9.64. The molecule has 0 rings (SSSR count). The minimum Gasteiger partial charge on any atom is -0.629 e. The van der Waals surface area contributed by atoms with Crippen LogP contribution in [-0.2, 0) is 9.22 Å². The zero-order valence-electron chi connectivity index (χ0n) is 7.74. The van der Waals surface area contributed by atoms with Crippen LogP contribution in [0.5, 0.6) is 0 Å². The predicted molar refractivity (Wildman–Crippen MR) is 53.0 cm³/mol. The van der Waals surface area contributed by atoms with Gasteiger partial charge in [0.1, 0.15) is 6.29 Å². The summed E-state index contributed by atoms with van der Waals surface area (Å²) in [5.74, 6) is 1.50. The normalized spacial score (nSPS) is 13.2. The molecule has 0 bridgehead atoms. The largest absolute Gasteiger partial charge is 0.629 e. The molecule has 3 nitrogen and oxygen atoms in total. The molecule has 12 heavy (non-hydrogen) atoms. The van der Waals surface area contributed by atoms with E-state index in [1.165, 1.54) is 5.80 Å². The van der Waals surface area contributed by atoms with Gasteiger partial charge in [-0.15, -0.1) is 0 Å². The standard InChI is InChI=1S/C7H15O3PSi/c1-12(2,3)10-7-11(9)6-4-5-8/h5-6H,4,7H2,1-3H3. The van der Waals surface area contributed by atoms with E-state index in [4.69, 9.17) is 4.43 Å². The van der Waals surface area contributed by atoms with E-state index in [0.717, 1.165) is 6.29 Å². The second-order valence-corrected chi connectivity index (χ2v) is 9.36. The number of carbonyl (C=O) groups excluding carboxylic acids is 1. The van der Waals surface area contributed by atoms with Crippen LogP contribution in [0.15, 0.2) is 0 Å². The zero-order chi connectivity index (χ0) is 9.61. The van der Waals surface area contributed by atoms with Crippen molar-refractivity contribution in [2.75, 3.05) is 6.35 Å². The summed E-state index contributed by atoms with van der Waals surface area (Å²) in [6.07, 6.45) is 1.25. The Labute approximate surface area is 75.3 Å². The lowest BCUT2D eigenvalue weighted by molar-refractivity contribution is -0.155. The van der Waals surface area contributed by atoms with Crippen LogP contribution in [0.1, 0.15) is 6.42 Å². The van der Waals surface area contributed by atoms with Crippen molar-refractivity contribution in [1.82, 2.24) is 0 Å². The van der Waals surface area contributed by atoms with Crippen LogP contribution < -0.4 is 4.89 Å². The second-order valence-electron chi connectivity index (χ2n) is 3.39. The first-order valence-electron chi connectivity index (χ1n) is 3.80. The van der Waals surface area contributed by atoms with E-state index in [1.807, 2.05) is 19.6 Å². The molecule has 0 aromatic rings. The molecule has 0 N–H and O–H groups in total. The van der Waals surface area contributed by atoms with Crippen LogP contribution in [0, 0.1) is 0 Å². The van der Waals surface area contributed by atoms with Crippen molar-refractivity contribution in [3.05, 3.63) is 0 Å². The van der Waals surface area contributed by atoms with Crippen LogP contribution in [-0.4, -0.2) is 26.7 Å². The molecule has 0 radical (unpaired) electrons. The van der Waals surface area contributed by atoms with Gasteiger partial charge in [-0.3, -0.25) is 0 Å². The molecule has 5 heteroatoms. The highest BCUT2D eigenvalue weighted by molar-refractivity contribution is 7.49. The van der Waals surface area contributed by atoms with Gasteiger partial charge in [0.15, 0.2) is 14.7 Å². The van der Waals surface area contributed by atoms with E-state index in [0.29, 0.717) is 0 Å². The molecule has 0 aromatic heterocycles. The van der Waals surface area contributed by atoms with Crippen molar-refractivity contribution in [3.8, 4) is 0 Å². The van der Waals surface area contributed by atoms with Gasteiger partial charge < -0.3 is 14.1 Å². The van der Waals surface area contributed by atoms with Crippen molar-refractivity contribution in [3.63, 3.8) is 0 Å². The number of hydrogen-bond acceptors (Lipinski definition) is 3. The van der Waals surface area contributed by atoms with Gasteiger partial charge in [0.2, 0.25) is 0 Å². The molecule has 0 aromatic carbocycles. The molecule has 0 aliphatic carbocycles. The first kappa shape index (κ1) is 12.0. The minimum atomic E-state index is -1.55. The van der Waals surface area contributed by atoms with E-state index >= 15 is 0 Å². The maximum Gasteiger partial charge on any atom is 0.191 e. The van der Waals surface area contributed by atoms with Crippen LogP contribution in [0.2, 0.25) is 19.6 Å². The third-order valence-corrected chi connectivity index (χ3v) is 3.29. The van der Waals surface area contributed by atoms with E-state index in [-0.39, 0.29) is 12.8 Å². The van der Waals surface area contributed by atoms with E-state index in [9.17, 15) is 9.69 Å². The third-order valence-electron chi connectivity index (χ3n) is 1.03. The number of rotatable bonds is 5. The SMILES string of the molecule is C[Si](C)(C)OC[P+]([O-])=CCC=O. The highest BCUT2D eigenvalue weighted by Crippen LogP contribution is 2.14. The highest BCUT2D eigenvalue weighted by Gasteiger charge is 2.15. The summed E-state index contributed by atoms with van der Waals surface area (Å²) in [4.78, 5) is 21.0. The molecular formula is C7H15O3PSi. The Balaban J connectivity index is 3.70. The van der Waals surface area contributed by atoms with Crippen molar-refractivity contribution in [1.29, 1.82) is 0 Å². The molecule has 0 heterocycles. The fourth-order valence-electron chi connectivity index (χ4n) is 0.471. The number of carbonyl (C=O) groups is 1. The van der Waals surface area contributed by atoms with Crippen LogP contribution in [0.3, 0.4) is 0 Å². The molecule has 0 amide bonds. The molecule has 0 spiro atoms. The van der Waals surface area contributed by atoms with E-state index < -0.39 is 16.1 Å². The predicted octanol–water partition coefficient (Wildman–Crippen LogP) is 0.944. The Bertz CT molecular complexity index is 174. The average Bonchev–Trinajstić information content (AvgIpc) is 1.95. The Morgan fingerprint density at radius 2 is 2.08 bits per heavy atom. The fraction of sp³-hybridized carbons (Fsp3) is 0.714. The molecule has 70 valence electrons. The van der Waals surface area contributed by atoms with Crippen LogP contribution >= 0.6 is 7.77 Å². The van der Waals surface area contributed by atoms with E-state index in [1.54, 1.807) is 0 Å². The maximum absolute atomic E-state index is 11.1. The summed E-state index contributed by atoms with van der Waals surface area (Å²) < 4.78 is 5.40. The van der Waals surface area contributed by atoms with Crippen LogP contribution in [0.4, 0.5) is 0 Å². The second kappa shape index (κ2) is 5.59. The molecule has 0 fully saturated rings. The van der Waals surface area contributed by atoms with Crippen molar-refractivity contribution >= 4 is 28.2 Å². The molecular weight excluding hydrogens is 191 g/mol. The molecule has 1 unspecified atom stereocenters. The minimum absolute atomic E-state index is 0.254. The van der Waals surface area contributed by atoms with Gasteiger partial charge >= 0.3 is 0 Å². The quantitative estimate of drug-likeness (QED) is 0.382. The molecule has 0 aliphatic heterocycles.